The van der Waals surface area contributed by atoms with Gasteiger partial charge >= 0.3 is 6.09 Å². The van der Waals surface area contributed by atoms with E-state index in [0.717, 1.165) is 16.7 Å². The summed E-state index contributed by atoms with van der Waals surface area (Å²) in [4.78, 5) is 39.1. The third-order valence-corrected chi connectivity index (χ3v) is 6.27. The Morgan fingerprint density at radius 3 is 1.87 bits per heavy atom. The van der Waals surface area contributed by atoms with Crippen molar-refractivity contribution in [3.63, 3.8) is 0 Å². The Balaban J connectivity index is 1.62. The van der Waals surface area contributed by atoms with Gasteiger partial charge in [-0.3, -0.25) is 9.59 Å². The highest BCUT2D eigenvalue weighted by molar-refractivity contribution is 5.93. The highest BCUT2D eigenvalue weighted by atomic mass is 16.5. The van der Waals surface area contributed by atoms with Gasteiger partial charge in [-0.2, -0.15) is 0 Å². The Morgan fingerprint density at radius 1 is 0.718 bits per heavy atom. The molecule has 0 radical (unpaired) electrons. The molecule has 0 unspecified atom stereocenters. The van der Waals surface area contributed by atoms with Gasteiger partial charge in [0.1, 0.15) is 12.6 Å². The molecule has 39 heavy (non-hydrogen) atoms. The van der Waals surface area contributed by atoms with Gasteiger partial charge in [0.15, 0.2) is 5.78 Å². The zero-order valence-corrected chi connectivity index (χ0v) is 22.8. The summed E-state index contributed by atoms with van der Waals surface area (Å²) in [6, 6.07) is 27.5. The Morgan fingerprint density at radius 2 is 1.28 bits per heavy atom. The van der Waals surface area contributed by atoms with Crippen LogP contribution in [-0.2, 0) is 33.9 Å². The van der Waals surface area contributed by atoms with Crippen molar-refractivity contribution in [2.24, 2.45) is 5.92 Å². The molecule has 0 spiro atoms. The number of amides is 2. The third-order valence-electron chi connectivity index (χ3n) is 6.27. The van der Waals surface area contributed by atoms with Crippen LogP contribution in [0.25, 0.3) is 0 Å². The van der Waals surface area contributed by atoms with Crippen molar-refractivity contribution in [3.05, 3.63) is 108 Å². The average Bonchev–Trinajstić information content (AvgIpc) is 2.95. The van der Waals surface area contributed by atoms with E-state index in [-0.39, 0.29) is 24.9 Å². The van der Waals surface area contributed by atoms with Gasteiger partial charge < -0.3 is 20.7 Å². The normalized spacial score (nSPS) is 12.4. The standard InChI is InChI=1S/C32H39N3O4/c1-24(2)20-29(35-32(38)39-23-27-16-10-5-11-17-27)31(37)34-28(19-18-25-12-6-3-7-13-25)30(36)22-33-21-26-14-8-4-9-15-26/h3-17,24,28-29,33H,18-23H2,1-2H3,(H,34,37)(H,35,38)/t28-,29-/m0/s1. The van der Waals surface area contributed by atoms with E-state index in [2.05, 4.69) is 16.0 Å². The summed E-state index contributed by atoms with van der Waals surface area (Å²) in [6.07, 6.45) is 0.834. The number of carbonyl (C=O) groups excluding carboxylic acids is 3. The largest absolute Gasteiger partial charge is 0.445 e. The first-order valence-corrected chi connectivity index (χ1v) is 13.5. The van der Waals surface area contributed by atoms with Gasteiger partial charge in [0, 0.05) is 6.54 Å². The maximum atomic E-state index is 13.4. The summed E-state index contributed by atoms with van der Waals surface area (Å²) in [5.74, 6) is -0.360. The number of carbonyl (C=O) groups is 3. The van der Waals surface area contributed by atoms with Crippen molar-refractivity contribution in [3.8, 4) is 0 Å². The molecule has 3 aromatic rings. The van der Waals surface area contributed by atoms with Crippen LogP contribution in [0.2, 0.25) is 0 Å². The van der Waals surface area contributed by atoms with Crippen LogP contribution in [0, 0.1) is 5.92 Å². The lowest BCUT2D eigenvalue weighted by Gasteiger charge is -2.24. The van der Waals surface area contributed by atoms with Gasteiger partial charge in [-0.15, -0.1) is 0 Å². The molecule has 0 aliphatic carbocycles. The molecule has 0 aliphatic rings. The topological polar surface area (TPSA) is 96.5 Å². The minimum Gasteiger partial charge on any atom is -0.445 e. The van der Waals surface area contributed by atoms with Gasteiger partial charge in [-0.1, -0.05) is 105 Å². The number of Topliss-reactive ketones (excluding diaryl/α,β-unsaturated/α-hetero) is 1. The van der Waals surface area contributed by atoms with E-state index in [1.165, 1.54) is 0 Å². The van der Waals surface area contributed by atoms with Gasteiger partial charge in [-0.25, -0.2) is 4.79 Å². The molecular weight excluding hydrogens is 490 g/mol. The predicted octanol–water partition coefficient (Wildman–Crippen LogP) is 4.80. The Kier molecular flexibility index (Phi) is 12.2. The molecule has 0 saturated heterocycles. The van der Waals surface area contributed by atoms with Crippen LogP contribution < -0.4 is 16.0 Å². The fraction of sp³-hybridized carbons (Fsp3) is 0.344. The van der Waals surface area contributed by atoms with Crippen molar-refractivity contribution < 1.29 is 19.1 Å². The Bertz CT molecular complexity index is 1150. The number of ketones is 1. The van der Waals surface area contributed by atoms with Crippen molar-refractivity contribution >= 4 is 17.8 Å². The van der Waals surface area contributed by atoms with Crippen LogP contribution in [-0.4, -0.2) is 36.4 Å². The van der Waals surface area contributed by atoms with Gasteiger partial charge in [0.05, 0.1) is 12.6 Å². The average molecular weight is 530 g/mol. The smallest absolute Gasteiger partial charge is 0.408 e. The van der Waals surface area contributed by atoms with Crippen LogP contribution >= 0.6 is 0 Å². The minimum absolute atomic E-state index is 0.105. The zero-order chi connectivity index (χ0) is 27.9. The molecule has 0 heterocycles. The molecule has 0 fully saturated rings. The number of rotatable bonds is 15. The number of ether oxygens (including phenoxy) is 1. The predicted molar refractivity (Wildman–Crippen MR) is 153 cm³/mol. The Labute approximate surface area is 231 Å². The van der Waals surface area contributed by atoms with Gasteiger partial charge in [-0.05, 0) is 41.9 Å². The van der Waals surface area contributed by atoms with E-state index in [9.17, 15) is 14.4 Å². The molecule has 0 aromatic heterocycles. The van der Waals surface area contributed by atoms with Crippen molar-refractivity contribution in [2.45, 2.75) is 58.3 Å². The number of hydrogen-bond donors (Lipinski definition) is 3. The van der Waals surface area contributed by atoms with E-state index >= 15 is 0 Å². The van der Waals surface area contributed by atoms with Crippen LogP contribution in [0.4, 0.5) is 4.79 Å². The van der Waals surface area contributed by atoms with E-state index < -0.39 is 24.1 Å². The molecule has 7 heteroatoms. The molecule has 3 aromatic carbocycles. The molecule has 2 atom stereocenters. The molecule has 7 nitrogen and oxygen atoms in total. The van der Waals surface area contributed by atoms with Gasteiger partial charge in [0.2, 0.25) is 5.91 Å². The molecule has 0 saturated carbocycles. The van der Waals surface area contributed by atoms with E-state index in [1.807, 2.05) is 105 Å². The summed E-state index contributed by atoms with van der Waals surface area (Å²) in [5.41, 5.74) is 3.01. The monoisotopic (exact) mass is 529 g/mol. The summed E-state index contributed by atoms with van der Waals surface area (Å²) in [7, 11) is 0. The van der Waals surface area contributed by atoms with Crippen molar-refractivity contribution in [2.75, 3.05) is 6.54 Å². The molecule has 0 bridgehead atoms. The maximum Gasteiger partial charge on any atom is 0.408 e. The van der Waals surface area contributed by atoms with Crippen LogP contribution in [0.1, 0.15) is 43.4 Å². The molecular formula is C32H39N3O4. The second-order valence-corrected chi connectivity index (χ2v) is 10.0. The number of nitrogens with one attached hydrogen (secondary N) is 3. The zero-order valence-electron chi connectivity index (χ0n) is 22.8. The van der Waals surface area contributed by atoms with Crippen LogP contribution in [0.15, 0.2) is 91.0 Å². The second kappa shape index (κ2) is 16.1. The summed E-state index contributed by atoms with van der Waals surface area (Å²) >= 11 is 0. The fourth-order valence-electron chi connectivity index (χ4n) is 4.20. The first kappa shape index (κ1) is 29.6. The molecule has 2 amide bonds. The fourth-order valence-corrected chi connectivity index (χ4v) is 4.20. The molecule has 206 valence electrons. The lowest BCUT2D eigenvalue weighted by atomic mass is 9.99. The van der Waals surface area contributed by atoms with Crippen LogP contribution in [0.5, 0.6) is 0 Å². The minimum atomic E-state index is -0.822. The first-order valence-electron chi connectivity index (χ1n) is 13.5. The second-order valence-electron chi connectivity index (χ2n) is 10.0. The van der Waals surface area contributed by atoms with Gasteiger partial charge in [0.25, 0.3) is 0 Å². The van der Waals surface area contributed by atoms with Crippen molar-refractivity contribution in [1.29, 1.82) is 0 Å². The summed E-state index contributed by atoms with van der Waals surface area (Å²) in [5, 5.41) is 8.81. The Hall–Kier alpha value is -3.97. The highest BCUT2D eigenvalue weighted by Gasteiger charge is 2.27. The first-order chi connectivity index (χ1) is 18.9. The maximum absolute atomic E-state index is 13.4. The lowest BCUT2D eigenvalue weighted by Crippen LogP contribution is -2.53. The SMILES string of the molecule is CC(C)C[C@H](NC(=O)OCc1ccccc1)C(=O)N[C@@H](CCc1ccccc1)C(=O)CNCc1ccccc1. The lowest BCUT2D eigenvalue weighted by molar-refractivity contribution is -0.129. The summed E-state index contributed by atoms with van der Waals surface area (Å²) < 4.78 is 5.34. The summed E-state index contributed by atoms with van der Waals surface area (Å²) in [6.45, 7) is 4.73. The molecule has 0 aliphatic heterocycles. The molecule has 3 rings (SSSR count). The van der Waals surface area contributed by atoms with E-state index in [0.29, 0.717) is 25.8 Å². The number of alkyl carbamates (subject to hydrolysis) is 1. The van der Waals surface area contributed by atoms with E-state index in [4.69, 9.17) is 4.74 Å². The number of hydrogen-bond acceptors (Lipinski definition) is 5. The quantitative estimate of drug-likeness (QED) is 0.263. The van der Waals surface area contributed by atoms with E-state index in [1.54, 1.807) is 0 Å². The molecule has 3 N–H and O–H groups in total. The van der Waals surface area contributed by atoms with Crippen molar-refractivity contribution in [1.82, 2.24) is 16.0 Å². The third kappa shape index (κ3) is 11.1. The number of aryl methyl sites for hydroxylation is 1. The highest BCUT2D eigenvalue weighted by Crippen LogP contribution is 2.10. The number of benzene rings is 3. The van der Waals surface area contributed by atoms with Crippen LogP contribution in [0.3, 0.4) is 0 Å².